The molecule has 94 valence electrons. The third-order valence-corrected chi connectivity index (χ3v) is 3.53. The summed E-state index contributed by atoms with van der Waals surface area (Å²) in [5, 5.41) is 3.87. The zero-order chi connectivity index (χ0) is 13.2. The molecule has 3 rings (SSSR count). The summed E-state index contributed by atoms with van der Waals surface area (Å²) in [6.45, 7) is 4.20. The maximum Gasteiger partial charge on any atom is 0.0540 e. The molecule has 0 bridgehead atoms. The van der Waals surface area contributed by atoms with Crippen LogP contribution in [-0.2, 0) is 0 Å². The average molecular weight is 247 g/mol. The van der Waals surface area contributed by atoms with Crippen LogP contribution in [0.5, 0.6) is 0 Å². The molecular weight excluding hydrogens is 230 g/mol. The van der Waals surface area contributed by atoms with Crippen LogP contribution in [0, 0.1) is 0 Å². The Hall–Kier alpha value is -2.28. The Morgan fingerprint density at radius 2 is 1.47 bits per heavy atom. The van der Waals surface area contributed by atoms with Crippen molar-refractivity contribution in [2.24, 2.45) is 0 Å². The van der Waals surface area contributed by atoms with Gasteiger partial charge in [-0.25, -0.2) is 0 Å². The summed E-state index contributed by atoms with van der Waals surface area (Å²) < 4.78 is 2.32. The summed E-state index contributed by atoms with van der Waals surface area (Å²) in [7, 11) is 0. The Kier molecular flexibility index (Phi) is 2.96. The van der Waals surface area contributed by atoms with Gasteiger partial charge in [0.1, 0.15) is 0 Å². The highest BCUT2D eigenvalue weighted by Gasteiger charge is 2.07. The first kappa shape index (κ1) is 11.8. The van der Waals surface area contributed by atoms with E-state index in [1.807, 2.05) is 0 Å². The van der Waals surface area contributed by atoms with Gasteiger partial charge in [-0.1, -0.05) is 48.6 Å². The van der Waals surface area contributed by atoms with Crippen LogP contribution in [0.4, 0.5) is 0 Å². The summed E-state index contributed by atoms with van der Waals surface area (Å²) in [5.41, 5.74) is 2.47. The topological polar surface area (TPSA) is 4.93 Å². The number of aromatic nitrogens is 1. The minimum absolute atomic E-state index is 1.21. The summed E-state index contributed by atoms with van der Waals surface area (Å²) in [4.78, 5) is 0. The van der Waals surface area contributed by atoms with Crippen molar-refractivity contribution in [1.29, 1.82) is 0 Å². The number of rotatable bonds is 1. The van der Waals surface area contributed by atoms with Crippen molar-refractivity contribution in [3.63, 3.8) is 0 Å². The second-order valence-corrected chi connectivity index (χ2v) is 4.56. The lowest BCUT2D eigenvalue weighted by atomic mass is 10.2. The second-order valence-electron chi connectivity index (χ2n) is 4.56. The first-order valence-electron chi connectivity index (χ1n) is 6.64. The highest BCUT2D eigenvalue weighted by atomic mass is 15.0. The van der Waals surface area contributed by atoms with Crippen molar-refractivity contribution in [3.05, 3.63) is 65.2 Å². The number of nitrogens with zero attached hydrogens (tertiary/aromatic N) is 1. The Labute approximate surface area is 113 Å². The van der Waals surface area contributed by atoms with E-state index in [0.29, 0.717) is 0 Å². The van der Waals surface area contributed by atoms with Gasteiger partial charge in [0.05, 0.1) is 5.52 Å². The molecule has 0 aliphatic rings. The quantitative estimate of drug-likeness (QED) is 0.622. The molecule has 0 unspecified atom stereocenters. The van der Waals surface area contributed by atoms with Crippen LogP contribution in [0.15, 0.2) is 54.6 Å². The van der Waals surface area contributed by atoms with Gasteiger partial charge in [-0.2, -0.15) is 0 Å². The largest absolute Gasteiger partial charge is 0.310 e. The van der Waals surface area contributed by atoms with E-state index in [-0.39, 0.29) is 0 Å². The van der Waals surface area contributed by atoms with Crippen molar-refractivity contribution >= 4 is 23.1 Å². The van der Waals surface area contributed by atoms with Crippen LogP contribution in [0.1, 0.15) is 13.8 Å². The van der Waals surface area contributed by atoms with E-state index in [2.05, 4.69) is 85.2 Å². The van der Waals surface area contributed by atoms with Gasteiger partial charge in [-0.3, -0.25) is 0 Å². The molecular formula is C18H17N. The number of fused-ring (bicyclic) bond motifs is 1. The molecule has 1 aromatic heterocycles. The molecule has 0 aliphatic heterocycles. The molecule has 0 atom stereocenters. The first-order chi connectivity index (χ1) is 9.36. The van der Waals surface area contributed by atoms with Gasteiger partial charge in [0.2, 0.25) is 0 Å². The third kappa shape index (κ3) is 1.78. The van der Waals surface area contributed by atoms with E-state index in [0.717, 1.165) is 0 Å². The molecule has 1 nitrogen and oxygen atoms in total. The van der Waals surface area contributed by atoms with Crippen molar-refractivity contribution in [1.82, 2.24) is 4.57 Å². The normalized spacial score (nSPS) is 13.4. The van der Waals surface area contributed by atoms with Crippen molar-refractivity contribution in [3.8, 4) is 5.69 Å². The monoisotopic (exact) mass is 247 g/mol. The maximum atomic E-state index is 2.32. The molecule has 0 saturated heterocycles. The van der Waals surface area contributed by atoms with E-state index in [9.17, 15) is 0 Å². The van der Waals surface area contributed by atoms with Crippen molar-refractivity contribution in [2.75, 3.05) is 0 Å². The van der Waals surface area contributed by atoms with E-state index >= 15 is 0 Å². The molecule has 0 fully saturated rings. The van der Waals surface area contributed by atoms with E-state index in [1.54, 1.807) is 0 Å². The summed E-state index contributed by atoms with van der Waals surface area (Å²) >= 11 is 0. The standard InChI is InChI=1S/C18H17N/c1-3-15-16-12-8-9-13-18(16)19(17(15)4-2)14-10-6-5-7-11-14/h3-13H,1-2H3/b15-3-,17-4+. The molecule has 0 saturated carbocycles. The Bertz CT molecular complexity index is 823. The fraction of sp³-hybridized carbons (Fsp3) is 0.111. The smallest absolute Gasteiger partial charge is 0.0540 e. The van der Waals surface area contributed by atoms with E-state index < -0.39 is 0 Å². The van der Waals surface area contributed by atoms with Gasteiger partial charge in [0.25, 0.3) is 0 Å². The van der Waals surface area contributed by atoms with Crippen LogP contribution >= 0.6 is 0 Å². The number of hydrogen-bond acceptors (Lipinski definition) is 0. The van der Waals surface area contributed by atoms with Gasteiger partial charge in [-0.05, 0) is 32.0 Å². The van der Waals surface area contributed by atoms with Crippen LogP contribution in [-0.4, -0.2) is 4.57 Å². The van der Waals surface area contributed by atoms with Gasteiger partial charge >= 0.3 is 0 Å². The molecule has 1 heteroatoms. The molecule has 0 spiro atoms. The van der Waals surface area contributed by atoms with Gasteiger partial charge < -0.3 is 4.57 Å². The molecule has 2 aromatic carbocycles. The fourth-order valence-corrected chi connectivity index (χ4v) is 2.73. The third-order valence-electron chi connectivity index (χ3n) is 3.53. The Morgan fingerprint density at radius 3 is 2.16 bits per heavy atom. The zero-order valence-corrected chi connectivity index (χ0v) is 11.3. The summed E-state index contributed by atoms with van der Waals surface area (Å²) in [6.07, 6.45) is 4.37. The predicted molar refractivity (Wildman–Crippen MR) is 82.8 cm³/mol. The molecule has 19 heavy (non-hydrogen) atoms. The molecule has 0 radical (unpaired) electrons. The molecule has 0 N–H and O–H groups in total. The molecule has 1 heterocycles. The number of benzene rings is 2. The van der Waals surface area contributed by atoms with Crippen molar-refractivity contribution < 1.29 is 0 Å². The predicted octanol–water partition coefficient (Wildman–Crippen LogP) is 3.23. The van der Waals surface area contributed by atoms with Crippen molar-refractivity contribution in [2.45, 2.75) is 13.8 Å². The molecule has 3 aromatic rings. The Balaban J connectivity index is 2.56. The minimum atomic E-state index is 1.21. The SMILES string of the molecule is C/C=c1\c(=C/C)n(-c2ccccc2)c2ccccc12. The average Bonchev–Trinajstić information content (AvgIpc) is 2.81. The van der Waals surface area contributed by atoms with Crippen LogP contribution < -0.4 is 10.6 Å². The van der Waals surface area contributed by atoms with Gasteiger partial charge in [0, 0.05) is 21.6 Å². The lowest BCUT2D eigenvalue weighted by Gasteiger charge is -2.05. The second kappa shape index (κ2) is 4.77. The highest BCUT2D eigenvalue weighted by Crippen LogP contribution is 2.14. The number of para-hydroxylation sites is 2. The molecule has 0 aliphatic carbocycles. The van der Waals surface area contributed by atoms with Gasteiger partial charge in [-0.15, -0.1) is 0 Å². The lowest BCUT2D eigenvalue weighted by molar-refractivity contribution is 1.07. The van der Waals surface area contributed by atoms with Crippen LogP contribution in [0.2, 0.25) is 0 Å². The maximum absolute atomic E-state index is 2.32. The highest BCUT2D eigenvalue weighted by molar-refractivity contribution is 5.83. The zero-order valence-electron chi connectivity index (χ0n) is 11.3. The fourth-order valence-electron chi connectivity index (χ4n) is 2.73. The summed E-state index contributed by atoms with van der Waals surface area (Å²) in [5.74, 6) is 0. The van der Waals surface area contributed by atoms with Crippen LogP contribution in [0.3, 0.4) is 0 Å². The minimum Gasteiger partial charge on any atom is -0.310 e. The first-order valence-corrected chi connectivity index (χ1v) is 6.64. The summed E-state index contributed by atoms with van der Waals surface area (Å²) in [6, 6.07) is 19.1. The van der Waals surface area contributed by atoms with E-state index in [4.69, 9.17) is 0 Å². The lowest BCUT2D eigenvalue weighted by Crippen LogP contribution is -2.27. The molecule has 0 amide bonds. The van der Waals surface area contributed by atoms with Gasteiger partial charge in [0.15, 0.2) is 0 Å². The number of hydrogen-bond donors (Lipinski definition) is 0. The Morgan fingerprint density at radius 1 is 0.789 bits per heavy atom. The van der Waals surface area contributed by atoms with E-state index in [1.165, 1.54) is 27.2 Å². The van der Waals surface area contributed by atoms with Crippen LogP contribution in [0.25, 0.3) is 28.7 Å².